The first kappa shape index (κ1) is 25.9. The van der Waals surface area contributed by atoms with E-state index in [0.29, 0.717) is 12.0 Å². The lowest BCUT2D eigenvalue weighted by Crippen LogP contribution is -2.40. The van der Waals surface area contributed by atoms with Gasteiger partial charge in [-0.2, -0.15) is 5.10 Å². The van der Waals surface area contributed by atoms with E-state index in [1.807, 2.05) is 30.1 Å². The fourth-order valence-corrected chi connectivity index (χ4v) is 4.52. The second kappa shape index (κ2) is 13.3. The summed E-state index contributed by atoms with van der Waals surface area (Å²) in [5.41, 5.74) is 2.56. The topological polar surface area (TPSA) is 57.5 Å². The molecule has 31 heavy (non-hydrogen) atoms. The molecule has 172 valence electrons. The normalized spacial score (nSPS) is 19.7. The molecule has 2 heterocycles. The van der Waals surface area contributed by atoms with Gasteiger partial charge in [-0.1, -0.05) is 23.7 Å². The Morgan fingerprint density at radius 2 is 2.13 bits per heavy atom. The van der Waals surface area contributed by atoms with E-state index in [0.717, 1.165) is 50.0 Å². The first-order valence-corrected chi connectivity index (χ1v) is 11.4. The lowest BCUT2D eigenvalue weighted by molar-refractivity contribution is 0.125. The zero-order chi connectivity index (χ0) is 21.3. The second-order valence-corrected chi connectivity index (χ2v) is 8.59. The summed E-state index contributed by atoms with van der Waals surface area (Å²) in [6, 6.07) is 8.65. The summed E-state index contributed by atoms with van der Waals surface area (Å²) in [6.45, 7) is 5.78. The third-order valence-electron chi connectivity index (χ3n) is 5.72. The van der Waals surface area contributed by atoms with Crippen LogP contribution in [0.15, 0.2) is 41.7 Å². The van der Waals surface area contributed by atoms with Gasteiger partial charge < -0.3 is 10.6 Å². The Morgan fingerprint density at radius 3 is 2.84 bits per heavy atom. The smallest absolute Gasteiger partial charge is 0.191 e. The molecule has 2 atom stereocenters. The fourth-order valence-electron chi connectivity index (χ4n) is 4.32. The quantitative estimate of drug-likeness (QED) is 0.220. The molecule has 0 bridgehead atoms. The molecule has 1 aromatic heterocycles. The number of guanidine groups is 1. The number of aryl methyl sites for hydroxylation is 2. The molecule has 2 aromatic rings. The van der Waals surface area contributed by atoms with Crippen LogP contribution in [0, 0.1) is 5.92 Å². The average Bonchev–Trinajstić information content (AvgIpc) is 3.14. The van der Waals surface area contributed by atoms with Crippen molar-refractivity contribution in [1.82, 2.24) is 25.3 Å². The highest BCUT2D eigenvalue weighted by Gasteiger charge is 2.30. The van der Waals surface area contributed by atoms with Gasteiger partial charge >= 0.3 is 0 Å². The van der Waals surface area contributed by atoms with Gasteiger partial charge in [-0.25, -0.2) is 0 Å². The Kier molecular flexibility index (Phi) is 11.1. The highest BCUT2D eigenvalue weighted by Crippen LogP contribution is 2.36. The fraction of sp³-hybridized carbons (Fsp3) is 0.565. The minimum atomic E-state index is 0. The van der Waals surface area contributed by atoms with Gasteiger partial charge in [0.15, 0.2) is 5.96 Å². The summed E-state index contributed by atoms with van der Waals surface area (Å²) in [7, 11) is 4.17. The molecular formula is C23H36ClIN6. The first-order valence-electron chi connectivity index (χ1n) is 11.0. The van der Waals surface area contributed by atoms with Gasteiger partial charge in [0.05, 0.1) is 6.20 Å². The van der Waals surface area contributed by atoms with Crippen LogP contribution in [0.25, 0.3) is 0 Å². The summed E-state index contributed by atoms with van der Waals surface area (Å²) < 4.78 is 1.85. The van der Waals surface area contributed by atoms with E-state index in [-0.39, 0.29) is 24.0 Å². The Morgan fingerprint density at radius 1 is 1.29 bits per heavy atom. The van der Waals surface area contributed by atoms with Crippen LogP contribution >= 0.6 is 35.6 Å². The minimum absolute atomic E-state index is 0. The Bertz CT molecular complexity index is 824. The summed E-state index contributed by atoms with van der Waals surface area (Å²) >= 11 is 6.27. The lowest BCUT2D eigenvalue weighted by Gasteiger charge is -2.39. The summed E-state index contributed by atoms with van der Waals surface area (Å²) in [5, 5.41) is 11.9. The molecule has 0 radical (unpaired) electrons. The Balaban J connectivity index is 0.00000341. The lowest BCUT2D eigenvalue weighted by atomic mass is 9.85. The maximum Gasteiger partial charge on any atom is 0.191 e. The number of rotatable bonds is 8. The number of piperidine rings is 1. The molecule has 0 aliphatic carbocycles. The number of halogens is 2. The monoisotopic (exact) mass is 558 g/mol. The second-order valence-electron chi connectivity index (χ2n) is 8.15. The van der Waals surface area contributed by atoms with Crippen LogP contribution in [0.4, 0.5) is 0 Å². The van der Waals surface area contributed by atoms with E-state index in [4.69, 9.17) is 16.6 Å². The largest absolute Gasteiger partial charge is 0.357 e. The van der Waals surface area contributed by atoms with Crippen molar-refractivity contribution >= 4 is 41.5 Å². The summed E-state index contributed by atoms with van der Waals surface area (Å²) in [4.78, 5) is 7.38. The number of benzene rings is 1. The highest BCUT2D eigenvalue weighted by molar-refractivity contribution is 14.0. The Labute approximate surface area is 208 Å². The number of nitrogens with one attached hydrogen (secondary N) is 2. The SMILES string of the molecule is CCNC(=NCC1CCCN(C)C1c1cccc(Cl)c1)NCCCc1cnn(C)c1.I. The number of nitrogens with zero attached hydrogens (tertiary/aromatic N) is 4. The average molecular weight is 559 g/mol. The first-order chi connectivity index (χ1) is 14.6. The van der Waals surface area contributed by atoms with Crippen LogP contribution in [0.5, 0.6) is 0 Å². The van der Waals surface area contributed by atoms with Gasteiger partial charge in [-0.3, -0.25) is 14.6 Å². The van der Waals surface area contributed by atoms with Crippen molar-refractivity contribution in [2.24, 2.45) is 18.0 Å². The molecule has 6 nitrogen and oxygen atoms in total. The highest BCUT2D eigenvalue weighted by atomic mass is 127. The number of likely N-dealkylation sites (tertiary alicyclic amines) is 1. The van der Waals surface area contributed by atoms with E-state index < -0.39 is 0 Å². The van der Waals surface area contributed by atoms with E-state index >= 15 is 0 Å². The molecule has 1 saturated heterocycles. The molecule has 3 rings (SSSR count). The van der Waals surface area contributed by atoms with Crippen LogP contribution < -0.4 is 10.6 Å². The number of aromatic nitrogens is 2. The van der Waals surface area contributed by atoms with Crippen LogP contribution in [-0.2, 0) is 13.5 Å². The molecule has 1 aromatic carbocycles. The molecule has 0 spiro atoms. The van der Waals surface area contributed by atoms with Crippen LogP contribution in [0.1, 0.15) is 43.4 Å². The van der Waals surface area contributed by atoms with Crippen molar-refractivity contribution < 1.29 is 0 Å². The number of hydrogen-bond acceptors (Lipinski definition) is 3. The Hall–Kier alpha value is -1.32. The maximum atomic E-state index is 6.27. The molecule has 1 fully saturated rings. The van der Waals surface area contributed by atoms with Crippen LogP contribution in [-0.4, -0.2) is 53.9 Å². The predicted molar refractivity (Wildman–Crippen MR) is 140 cm³/mol. The standard InChI is InChI=1S/C23H35ClN6.HI/c1-4-25-23(26-12-6-8-18-15-28-30(3)17-18)27-16-20-10-7-13-29(2)22(20)19-9-5-11-21(24)14-19;/h5,9,11,14-15,17,20,22H,4,6-8,10,12-13,16H2,1-3H3,(H2,25,26,27);1H. The van der Waals surface area contributed by atoms with Crippen molar-refractivity contribution in [2.45, 2.75) is 38.6 Å². The minimum Gasteiger partial charge on any atom is -0.357 e. The van der Waals surface area contributed by atoms with Crippen molar-refractivity contribution in [1.29, 1.82) is 0 Å². The number of aliphatic imine (C=N–C) groups is 1. The van der Waals surface area contributed by atoms with E-state index in [9.17, 15) is 0 Å². The molecule has 1 aliphatic heterocycles. The van der Waals surface area contributed by atoms with Crippen LogP contribution in [0.2, 0.25) is 5.02 Å². The van der Waals surface area contributed by atoms with Gasteiger partial charge in [-0.05, 0) is 75.4 Å². The van der Waals surface area contributed by atoms with Crippen LogP contribution in [0.3, 0.4) is 0 Å². The van der Waals surface area contributed by atoms with E-state index in [1.165, 1.54) is 24.0 Å². The predicted octanol–water partition coefficient (Wildman–Crippen LogP) is 4.26. The van der Waals surface area contributed by atoms with Crippen molar-refractivity contribution in [3.05, 3.63) is 52.8 Å². The third kappa shape index (κ3) is 7.95. The van der Waals surface area contributed by atoms with E-state index in [1.54, 1.807) is 0 Å². The van der Waals surface area contributed by atoms with Gasteiger partial charge in [0.25, 0.3) is 0 Å². The molecule has 1 aliphatic rings. The van der Waals surface area contributed by atoms with E-state index in [2.05, 4.69) is 52.9 Å². The zero-order valence-electron chi connectivity index (χ0n) is 18.9. The van der Waals surface area contributed by atoms with Gasteiger partial charge in [0, 0.05) is 43.9 Å². The molecule has 8 heteroatoms. The molecular weight excluding hydrogens is 523 g/mol. The van der Waals surface area contributed by atoms with Crippen molar-refractivity contribution in [3.63, 3.8) is 0 Å². The maximum absolute atomic E-state index is 6.27. The van der Waals surface area contributed by atoms with Crippen molar-refractivity contribution in [2.75, 3.05) is 33.2 Å². The molecule has 0 amide bonds. The molecule has 2 N–H and O–H groups in total. The zero-order valence-corrected chi connectivity index (χ0v) is 21.9. The third-order valence-corrected chi connectivity index (χ3v) is 5.95. The summed E-state index contributed by atoms with van der Waals surface area (Å²) in [5.74, 6) is 1.38. The van der Waals surface area contributed by atoms with Gasteiger partial charge in [0.1, 0.15) is 0 Å². The van der Waals surface area contributed by atoms with Gasteiger partial charge in [0.2, 0.25) is 0 Å². The molecule has 2 unspecified atom stereocenters. The van der Waals surface area contributed by atoms with Crippen molar-refractivity contribution in [3.8, 4) is 0 Å². The summed E-state index contributed by atoms with van der Waals surface area (Å²) in [6.07, 6.45) is 8.48. The van der Waals surface area contributed by atoms with Gasteiger partial charge in [-0.15, -0.1) is 24.0 Å². The molecule has 0 saturated carbocycles. The number of hydrogen-bond donors (Lipinski definition) is 2.